The molecule has 1 fully saturated rings. The molecule has 0 aliphatic heterocycles. The zero-order valence-corrected chi connectivity index (χ0v) is 20.6. The Kier molecular flexibility index (Phi) is 5.71. The molecule has 3 heterocycles. The van der Waals surface area contributed by atoms with Gasteiger partial charge in [0.2, 0.25) is 5.92 Å². The van der Waals surface area contributed by atoms with E-state index >= 15 is 4.39 Å². The third-order valence-electron chi connectivity index (χ3n) is 6.61. The van der Waals surface area contributed by atoms with Gasteiger partial charge in [0, 0.05) is 53.1 Å². The van der Waals surface area contributed by atoms with Gasteiger partial charge in [0.1, 0.15) is 5.82 Å². The smallest absolute Gasteiger partial charge is 0.248 e. The SMILES string of the molecule is CS(=O)(=O)c1ccc2c3ncc(Br)cc3n(C(c3cnccc3F)C3CCC(F)(F)CC3)c2c1. The van der Waals surface area contributed by atoms with Gasteiger partial charge in [-0.25, -0.2) is 21.6 Å². The molecule has 5 nitrogen and oxygen atoms in total. The maximum Gasteiger partial charge on any atom is 0.248 e. The number of aromatic nitrogens is 3. The van der Waals surface area contributed by atoms with Crippen molar-refractivity contribution in [1.82, 2.24) is 14.5 Å². The second-order valence-electron chi connectivity index (χ2n) is 8.88. The molecule has 34 heavy (non-hydrogen) atoms. The highest BCUT2D eigenvalue weighted by Crippen LogP contribution is 2.46. The molecule has 1 aromatic carbocycles. The molecular formula is C24H21BrF3N3O2S. The molecule has 0 spiro atoms. The highest BCUT2D eigenvalue weighted by atomic mass is 79.9. The van der Waals surface area contributed by atoms with Crippen LogP contribution in [0.1, 0.15) is 37.3 Å². The van der Waals surface area contributed by atoms with E-state index in [1.165, 1.54) is 24.5 Å². The zero-order valence-electron chi connectivity index (χ0n) is 18.2. The van der Waals surface area contributed by atoms with Crippen molar-refractivity contribution in [3.8, 4) is 0 Å². The van der Waals surface area contributed by atoms with Crippen molar-refractivity contribution < 1.29 is 21.6 Å². The number of sulfone groups is 1. The third kappa shape index (κ3) is 4.11. The summed E-state index contributed by atoms with van der Waals surface area (Å²) in [6.07, 6.45) is 5.34. The van der Waals surface area contributed by atoms with Crippen molar-refractivity contribution >= 4 is 47.7 Å². The average Bonchev–Trinajstić information content (AvgIpc) is 3.08. The molecule has 0 N–H and O–H groups in total. The lowest BCUT2D eigenvalue weighted by Gasteiger charge is -2.35. The van der Waals surface area contributed by atoms with Crippen LogP contribution in [0.25, 0.3) is 21.9 Å². The van der Waals surface area contributed by atoms with Crippen LogP contribution < -0.4 is 0 Å². The molecule has 0 radical (unpaired) electrons. The van der Waals surface area contributed by atoms with E-state index in [2.05, 4.69) is 25.9 Å². The molecule has 3 aromatic heterocycles. The Labute approximate surface area is 203 Å². The summed E-state index contributed by atoms with van der Waals surface area (Å²) in [7, 11) is -3.52. The summed E-state index contributed by atoms with van der Waals surface area (Å²) in [4.78, 5) is 8.77. The molecule has 0 saturated heterocycles. The van der Waals surface area contributed by atoms with Crippen molar-refractivity contribution in [2.24, 2.45) is 5.92 Å². The normalized spacial score (nSPS) is 17.9. The molecule has 5 rings (SSSR count). The van der Waals surface area contributed by atoms with Crippen molar-refractivity contribution in [3.63, 3.8) is 0 Å². The van der Waals surface area contributed by atoms with Crippen LogP contribution in [0.15, 0.2) is 58.3 Å². The molecule has 0 amide bonds. The summed E-state index contributed by atoms with van der Waals surface area (Å²) < 4.78 is 70.4. The van der Waals surface area contributed by atoms with E-state index in [0.717, 1.165) is 6.26 Å². The zero-order chi connectivity index (χ0) is 24.3. The Balaban J connectivity index is 1.84. The number of hydrogen-bond donors (Lipinski definition) is 0. The third-order valence-corrected chi connectivity index (χ3v) is 8.15. The molecule has 1 aliphatic rings. The number of fused-ring (bicyclic) bond motifs is 3. The summed E-state index contributed by atoms with van der Waals surface area (Å²) in [5, 5.41) is 0.699. The van der Waals surface area contributed by atoms with Gasteiger partial charge >= 0.3 is 0 Å². The monoisotopic (exact) mass is 551 g/mol. The fraction of sp³-hybridized carbons (Fsp3) is 0.333. The maximum atomic E-state index is 15.2. The predicted molar refractivity (Wildman–Crippen MR) is 127 cm³/mol. The number of halogens is 4. The Morgan fingerprint density at radius 1 is 1.12 bits per heavy atom. The number of benzene rings is 1. The quantitative estimate of drug-likeness (QED) is 0.298. The fourth-order valence-corrected chi connectivity index (χ4v) is 5.94. The molecule has 1 atom stereocenters. The lowest BCUT2D eigenvalue weighted by molar-refractivity contribution is -0.0494. The van der Waals surface area contributed by atoms with Gasteiger partial charge in [-0.05, 0) is 65.0 Å². The van der Waals surface area contributed by atoms with Gasteiger partial charge < -0.3 is 4.57 Å². The molecule has 178 valence electrons. The van der Waals surface area contributed by atoms with Crippen molar-refractivity contribution in [2.75, 3.05) is 6.26 Å². The van der Waals surface area contributed by atoms with Gasteiger partial charge in [0.15, 0.2) is 9.84 Å². The van der Waals surface area contributed by atoms with Gasteiger partial charge in [-0.1, -0.05) is 0 Å². The number of hydrogen-bond acceptors (Lipinski definition) is 4. The first-order valence-corrected chi connectivity index (χ1v) is 13.5. The van der Waals surface area contributed by atoms with Crippen molar-refractivity contribution in [1.29, 1.82) is 0 Å². The summed E-state index contributed by atoms with van der Waals surface area (Å²) in [6.45, 7) is 0. The molecule has 0 bridgehead atoms. The van der Waals surface area contributed by atoms with Crippen LogP contribution in [-0.4, -0.2) is 35.1 Å². The largest absolute Gasteiger partial charge is 0.331 e. The van der Waals surface area contributed by atoms with Gasteiger partial charge in [0.25, 0.3) is 0 Å². The van der Waals surface area contributed by atoms with Gasteiger partial charge in [-0.2, -0.15) is 0 Å². The topological polar surface area (TPSA) is 64.8 Å². The second kappa shape index (κ2) is 8.34. The number of alkyl halides is 2. The van der Waals surface area contributed by atoms with E-state index in [4.69, 9.17) is 0 Å². The second-order valence-corrected chi connectivity index (χ2v) is 11.8. The molecule has 10 heteroatoms. The van der Waals surface area contributed by atoms with Crippen LogP contribution in [0.3, 0.4) is 0 Å². The van der Waals surface area contributed by atoms with Gasteiger partial charge in [-0.3, -0.25) is 9.97 Å². The van der Waals surface area contributed by atoms with Gasteiger partial charge in [0.05, 0.1) is 27.5 Å². The van der Waals surface area contributed by atoms with E-state index in [0.29, 0.717) is 26.4 Å². The average molecular weight is 552 g/mol. The standard InChI is InChI=1S/C24H21BrF3N3O2S/c1-34(32,33)16-2-3-17-20(11-16)31(21-10-15(25)12-30-22(17)21)23(18-13-29-9-6-19(18)26)14-4-7-24(27,28)8-5-14/h2-3,6,9-14,23H,4-5,7-8H2,1H3. The number of pyridine rings is 2. The lowest BCUT2D eigenvalue weighted by atomic mass is 9.79. The minimum atomic E-state index is -3.52. The molecule has 1 unspecified atom stereocenters. The Bertz CT molecular complexity index is 1510. The van der Waals surface area contributed by atoms with E-state index in [1.54, 1.807) is 18.3 Å². The van der Waals surface area contributed by atoms with Crippen molar-refractivity contribution in [2.45, 2.75) is 42.5 Å². The number of nitrogens with zero attached hydrogens (tertiary/aromatic N) is 3. The van der Waals surface area contributed by atoms with Crippen LogP contribution in [0, 0.1) is 11.7 Å². The summed E-state index contributed by atoms with van der Waals surface area (Å²) in [5.74, 6) is -3.55. The number of rotatable bonds is 4. The van der Waals surface area contributed by atoms with Crippen LogP contribution in [0.2, 0.25) is 0 Å². The minimum Gasteiger partial charge on any atom is -0.331 e. The first-order chi connectivity index (χ1) is 16.0. The first kappa shape index (κ1) is 23.3. The Morgan fingerprint density at radius 3 is 2.53 bits per heavy atom. The molecule has 1 aliphatic carbocycles. The van der Waals surface area contributed by atoms with Crippen LogP contribution in [-0.2, 0) is 9.84 Å². The van der Waals surface area contributed by atoms with E-state index in [1.807, 2.05) is 10.6 Å². The summed E-state index contributed by atoms with van der Waals surface area (Å²) in [6, 6.07) is 7.18. The van der Waals surface area contributed by atoms with Crippen molar-refractivity contribution in [3.05, 3.63) is 64.8 Å². The van der Waals surface area contributed by atoms with Crippen LogP contribution in [0.5, 0.6) is 0 Å². The Hall–Kier alpha value is -2.46. The van der Waals surface area contributed by atoms with E-state index in [9.17, 15) is 17.2 Å². The predicted octanol–water partition coefficient (Wildman–Crippen LogP) is 6.30. The first-order valence-electron chi connectivity index (χ1n) is 10.8. The highest BCUT2D eigenvalue weighted by Gasteiger charge is 2.40. The van der Waals surface area contributed by atoms with E-state index < -0.39 is 27.6 Å². The summed E-state index contributed by atoms with van der Waals surface area (Å²) >= 11 is 3.44. The van der Waals surface area contributed by atoms with Crippen LogP contribution >= 0.6 is 15.9 Å². The van der Waals surface area contributed by atoms with E-state index in [-0.39, 0.29) is 42.1 Å². The fourth-order valence-electron chi connectivity index (χ4n) is 4.98. The molecular weight excluding hydrogens is 531 g/mol. The highest BCUT2D eigenvalue weighted by molar-refractivity contribution is 9.10. The summed E-state index contributed by atoms with van der Waals surface area (Å²) in [5.41, 5.74) is 2.10. The van der Waals surface area contributed by atoms with Crippen LogP contribution in [0.4, 0.5) is 13.2 Å². The van der Waals surface area contributed by atoms with Gasteiger partial charge in [-0.15, -0.1) is 0 Å². The lowest BCUT2D eigenvalue weighted by Crippen LogP contribution is -2.31. The minimum absolute atomic E-state index is 0.115. The molecule has 1 saturated carbocycles. The molecule has 4 aromatic rings. The Morgan fingerprint density at radius 2 is 1.85 bits per heavy atom. The maximum absolute atomic E-state index is 15.2.